The van der Waals surface area contributed by atoms with Gasteiger partial charge in [0.2, 0.25) is 11.1 Å². The molecule has 3 aromatic rings. The third-order valence-corrected chi connectivity index (χ3v) is 7.98. The predicted molar refractivity (Wildman–Crippen MR) is 162 cm³/mol. The number of hydrogen-bond donors (Lipinski definition) is 5. The van der Waals surface area contributed by atoms with Crippen molar-refractivity contribution in [3.8, 4) is 5.75 Å². The van der Waals surface area contributed by atoms with Gasteiger partial charge in [-0.15, -0.1) is 17.5 Å². The molecule has 0 saturated carbocycles. The van der Waals surface area contributed by atoms with E-state index in [2.05, 4.69) is 20.8 Å². The SMILES string of the molecule is CO[C@@]1(NC(=O)C(C(=O)O)c2ccc(O)cc2)C(=O)N2C(C(=O)O)=C(CSc3nnnn3C)CO[C@@H]21.Cl.OCCc1ccccc1. The van der Waals surface area contributed by atoms with Gasteiger partial charge in [-0.05, 0) is 45.7 Å². The molecule has 0 bridgehead atoms. The minimum Gasteiger partial charge on any atom is -0.508 e. The van der Waals surface area contributed by atoms with E-state index in [0.29, 0.717) is 5.16 Å². The summed E-state index contributed by atoms with van der Waals surface area (Å²) < 4.78 is 12.4. The number of nitrogens with one attached hydrogen (secondary N) is 1. The number of aromatic hydroxyl groups is 1. The largest absolute Gasteiger partial charge is 0.508 e. The van der Waals surface area contributed by atoms with Crippen molar-refractivity contribution in [2.45, 2.75) is 29.4 Å². The van der Waals surface area contributed by atoms with E-state index in [1.54, 1.807) is 7.05 Å². The highest BCUT2D eigenvalue weighted by Gasteiger charge is 2.68. The minimum absolute atomic E-state index is 0. The van der Waals surface area contributed by atoms with E-state index in [1.807, 2.05) is 30.3 Å². The summed E-state index contributed by atoms with van der Waals surface area (Å²) in [6, 6.07) is 14.9. The van der Waals surface area contributed by atoms with E-state index in [9.17, 15) is 34.5 Å². The van der Waals surface area contributed by atoms with Gasteiger partial charge in [0.25, 0.3) is 11.6 Å². The van der Waals surface area contributed by atoms with Crippen LogP contribution in [-0.2, 0) is 42.1 Å². The van der Waals surface area contributed by atoms with Gasteiger partial charge in [0.05, 0.1) is 6.61 Å². The maximum atomic E-state index is 13.2. The monoisotopic (exact) mass is 678 g/mol. The number of carbonyl (C=O) groups excluding carboxylic acids is 2. The van der Waals surface area contributed by atoms with Crippen LogP contribution in [0.2, 0.25) is 0 Å². The van der Waals surface area contributed by atoms with Crippen LogP contribution < -0.4 is 5.32 Å². The summed E-state index contributed by atoms with van der Waals surface area (Å²) in [7, 11) is 2.71. The molecular weight excluding hydrogens is 648 g/mol. The Kier molecular flexibility index (Phi) is 12.2. The number of nitrogens with zero attached hydrogens (tertiary/aromatic N) is 5. The van der Waals surface area contributed by atoms with Gasteiger partial charge in [0, 0.05) is 26.5 Å². The van der Waals surface area contributed by atoms with Crippen LogP contribution in [0.4, 0.5) is 0 Å². The molecule has 16 nitrogen and oxygen atoms in total. The molecule has 2 aliphatic heterocycles. The lowest BCUT2D eigenvalue weighted by molar-refractivity contribution is -0.258. The molecule has 0 radical (unpaired) electrons. The predicted octanol–water partition coefficient (Wildman–Crippen LogP) is 0.516. The molecule has 2 aromatic carbocycles. The summed E-state index contributed by atoms with van der Waals surface area (Å²) >= 11 is 1.14. The molecule has 5 N–H and O–H groups in total. The first-order valence-electron chi connectivity index (χ1n) is 13.3. The van der Waals surface area contributed by atoms with Gasteiger partial charge in [-0.3, -0.25) is 19.3 Å². The number of rotatable bonds is 11. The Morgan fingerprint density at radius 3 is 2.37 bits per heavy atom. The van der Waals surface area contributed by atoms with Gasteiger partial charge >= 0.3 is 11.9 Å². The van der Waals surface area contributed by atoms with Crippen LogP contribution in [0.3, 0.4) is 0 Å². The molecule has 1 aromatic heterocycles. The van der Waals surface area contributed by atoms with Gasteiger partial charge < -0.3 is 35.2 Å². The molecule has 3 atom stereocenters. The standard InChI is InChI=1S/C20H20N6O9S.C8H10O.ClH/c1-25-19(22-23-24-25)36-8-10-7-35-18-20(34-2,17(33)26(18)13(10)16(31)32)21-14(28)12(15(29)30)9-3-5-11(27)6-4-9;9-7-6-8-4-2-1-3-5-8;/h3-6,12,18,27H,7-8H2,1-2H3,(H,21,28)(H,29,30)(H,31,32);1-5,9H,6-7H2;1H/t12?,18-,20+;;/m1../s1. The highest BCUT2D eigenvalue weighted by molar-refractivity contribution is 7.99. The first kappa shape index (κ1) is 35.9. The Hall–Kier alpha value is -4.55. The number of aromatic nitrogens is 4. The number of fused-ring (bicyclic) bond motifs is 1. The number of halogens is 1. The number of phenols is 1. The number of β-lactam (4-membered cyclic amide) rings is 1. The zero-order valence-corrected chi connectivity index (χ0v) is 26.1. The normalized spacial score (nSPS) is 19.1. The van der Waals surface area contributed by atoms with Crippen molar-refractivity contribution in [2.75, 3.05) is 26.1 Å². The third kappa shape index (κ3) is 7.45. The zero-order valence-electron chi connectivity index (χ0n) is 24.5. The number of amides is 2. The summed E-state index contributed by atoms with van der Waals surface area (Å²) in [4.78, 5) is 51.0. The van der Waals surface area contributed by atoms with Crippen LogP contribution >= 0.6 is 24.2 Å². The van der Waals surface area contributed by atoms with Crippen LogP contribution in [0.1, 0.15) is 17.0 Å². The number of aliphatic carboxylic acids is 2. The fraction of sp³-hybridized carbons (Fsp3) is 0.321. The molecule has 5 rings (SSSR count). The highest BCUT2D eigenvalue weighted by atomic mass is 35.5. The van der Waals surface area contributed by atoms with Crippen molar-refractivity contribution in [3.63, 3.8) is 0 Å². The van der Waals surface area contributed by atoms with E-state index >= 15 is 0 Å². The average Bonchev–Trinajstić information content (AvgIpc) is 3.44. The summed E-state index contributed by atoms with van der Waals surface area (Å²) in [6.07, 6.45) is -0.592. The van der Waals surface area contributed by atoms with E-state index in [-0.39, 0.29) is 54.0 Å². The van der Waals surface area contributed by atoms with Crippen LogP contribution in [0.25, 0.3) is 0 Å². The third-order valence-electron chi connectivity index (χ3n) is 6.88. The first-order valence-corrected chi connectivity index (χ1v) is 14.3. The molecule has 46 heavy (non-hydrogen) atoms. The van der Waals surface area contributed by atoms with Crippen LogP contribution in [0, 0.1) is 0 Å². The number of thioether (sulfide) groups is 1. The van der Waals surface area contributed by atoms with E-state index < -0.39 is 41.6 Å². The molecule has 18 heteroatoms. The fourth-order valence-corrected chi connectivity index (χ4v) is 5.49. The Morgan fingerprint density at radius 2 is 1.83 bits per heavy atom. The summed E-state index contributed by atoms with van der Waals surface area (Å²) in [5.41, 5.74) is -0.979. The number of hydrogen-bond acceptors (Lipinski definition) is 12. The number of aliphatic hydroxyl groups excluding tert-OH is 1. The van der Waals surface area contributed by atoms with Gasteiger partial charge in [0.1, 0.15) is 11.4 Å². The molecule has 0 spiro atoms. The number of benzene rings is 2. The molecular formula is C28H31ClN6O10S. The molecule has 0 aliphatic carbocycles. The number of aliphatic hydroxyl groups is 1. The maximum Gasteiger partial charge on any atom is 0.352 e. The second-order valence-corrected chi connectivity index (χ2v) is 10.7. The number of tetrazole rings is 1. The lowest BCUT2D eigenvalue weighted by Crippen LogP contribution is -2.82. The fourth-order valence-electron chi connectivity index (χ4n) is 4.65. The van der Waals surface area contributed by atoms with Crippen molar-refractivity contribution in [1.29, 1.82) is 0 Å². The smallest absolute Gasteiger partial charge is 0.352 e. The molecule has 1 fully saturated rings. The number of aryl methyl sites for hydroxylation is 1. The summed E-state index contributed by atoms with van der Waals surface area (Å²) in [5.74, 6) is -6.73. The Bertz CT molecular complexity index is 1590. The maximum absolute atomic E-state index is 13.2. The molecule has 2 amide bonds. The number of carboxylic acids is 2. The second kappa shape index (κ2) is 15.6. The van der Waals surface area contributed by atoms with Crippen molar-refractivity contribution < 1.29 is 49.1 Å². The second-order valence-electron chi connectivity index (χ2n) is 9.72. The zero-order chi connectivity index (χ0) is 32.7. The first-order chi connectivity index (χ1) is 21.5. The number of carbonyl (C=O) groups is 4. The minimum atomic E-state index is -2.14. The Morgan fingerprint density at radius 1 is 1.15 bits per heavy atom. The Labute approximate surface area is 272 Å². The van der Waals surface area contributed by atoms with Crippen LogP contribution in [-0.4, -0.2) is 107 Å². The number of phenolic OH excluding ortho intramolecular Hbond substituents is 1. The van der Waals surface area contributed by atoms with Gasteiger partial charge in [-0.25, -0.2) is 9.48 Å². The van der Waals surface area contributed by atoms with E-state index in [0.717, 1.165) is 30.2 Å². The van der Waals surface area contributed by atoms with Gasteiger partial charge in [0.15, 0.2) is 12.1 Å². The van der Waals surface area contributed by atoms with Crippen LogP contribution in [0.15, 0.2) is 71.0 Å². The lowest BCUT2D eigenvalue weighted by Gasteiger charge is -2.55. The quantitative estimate of drug-likeness (QED) is 0.0806. The topological polar surface area (TPSA) is 227 Å². The van der Waals surface area contributed by atoms with Crippen molar-refractivity contribution in [1.82, 2.24) is 30.4 Å². The van der Waals surface area contributed by atoms with Crippen molar-refractivity contribution in [2.24, 2.45) is 7.05 Å². The van der Waals surface area contributed by atoms with E-state index in [1.165, 1.54) is 34.5 Å². The van der Waals surface area contributed by atoms with Gasteiger partial charge in [-0.2, -0.15) is 0 Å². The van der Waals surface area contributed by atoms with Gasteiger partial charge in [-0.1, -0.05) is 54.2 Å². The molecule has 1 saturated heterocycles. The summed E-state index contributed by atoms with van der Waals surface area (Å²) in [5, 5.41) is 51.1. The summed E-state index contributed by atoms with van der Waals surface area (Å²) in [6.45, 7) is 0.0275. The lowest BCUT2D eigenvalue weighted by atomic mass is 9.92. The van der Waals surface area contributed by atoms with E-state index in [4.69, 9.17) is 14.6 Å². The number of methoxy groups -OCH3 is 1. The average molecular weight is 679 g/mol. The molecule has 3 heterocycles. The molecule has 2 aliphatic rings. The molecule has 246 valence electrons. The van der Waals surface area contributed by atoms with Crippen LogP contribution in [0.5, 0.6) is 5.75 Å². The highest BCUT2D eigenvalue weighted by Crippen LogP contribution is 2.41. The van der Waals surface area contributed by atoms with Crippen molar-refractivity contribution >= 4 is 47.9 Å². The number of ether oxygens (including phenoxy) is 2. The Balaban J connectivity index is 0.000000497. The number of carboxylic acid groups (broad SMARTS) is 2. The van der Waals surface area contributed by atoms with Crippen molar-refractivity contribution in [3.05, 3.63) is 77.0 Å². The molecule has 1 unspecified atom stereocenters.